The zero-order valence-electron chi connectivity index (χ0n) is 17.9. The van der Waals surface area contributed by atoms with Crippen LogP contribution in [0.4, 0.5) is 5.00 Å². The van der Waals surface area contributed by atoms with Crippen LogP contribution >= 0.6 is 11.3 Å². The van der Waals surface area contributed by atoms with Gasteiger partial charge in [0.2, 0.25) is 5.91 Å². The normalized spacial score (nSPS) is 31.6. The molecule has 0 spiro atoms. The van der Waals surface area contributed by atoms with Gasteiger partial charge >= 0.3 is 5.97 Å². The highest BCUT2D eigenvalue weighted by molar-refractivity contribution is 7.17. The average Bonchev–Trinajstić information content (AvgIpc) is 3.50. The summed E-state index contributed by atoms with van der Waals surface area (Å²) in [6.45, 7) is 2.22. The molecule has 0 aromatic carbocycles. The predicted octanol–water partition coefficient (Wildman–Crippen LogP) is 4.01. The number of allylic oxidation sites excluding steroid dienone is 2. The molecule has 5 atom stereocenters. The zero-order valence-corrected chi connectivity index (χ0v) is 18.7. The number of aliphatic carboxylic acids is 1. The van der Waals surface area contributed by atoms with Crippen LogP contribution in [0.15, 0.2) is 12.2 Å². The van der Waals surface area contributed by atoms with Crippen molar-refractivity contribution in [3.63, 3.8) is 0 Å². The maximum absolute atomic E-state index is 13.3. The molecular formula is C24H30N2O4S. The van der Waals surface area contributed by atoms with Gasteiger partial charge in [0.1, 0.15) is 5.00 Å². The standard InChI is InChI=1S/C24H30N2O4S/c1-12-6-9-16-17(10-12)31-23(20(16)22(28)25-15-4-2-3-5-15)26-21(27)18-13-7-8-14(11-13)19(18)24(29)30/h7-8,12-15,18-19H,2-6,9-11H2,1H3,(H,25,28)(H,26,27)(H,29,30)/t12-,13-,14+,18-,19+/m1/s1. The summed E-state index contributed by atoms with van der Waals surface area (Å²) in [5.74, 6) is -2.04. The van der Waals surface area contributed by atoms with E-state index >= 15 is 0 Å². The number of hydrogen-bond donors (Lipinski definition) is 3. The van der Waals surface area contributed by atoms with E-state index in [1.165, 1.54) is 16.2 Å². The molecule has 2 saturated carbocycles. The third-order valence-electron chi connectivity index (χ3n) is 7.71. The van der Waals surface area contributed by atoms with Crippen LogP contribution in [0.1, 0.15) is 66.2 Å². The van der Waals surface area contributed by atoms with Crippen LogP contribution in [0.5, 0.6) is 0 Å². The van der Waals surface area contributed by atoms with Crippen molar-refractivity contribution in [2.24, 2.45) is 29.6 Å². The summed E-state index contributed by atoms with van der Waals surface area (Å²) in [4.78, 5) is 39.6. The van der Waals surface area contributed by atoms with E-state index in [2.05, 4.69) is 17.6 Å². The molecule has 2 amide bonds. The molecule has 31 heavy (non-hydrogen) atoms. The maximum Gasteiger partial charge on any atom is 0.307 e. The number of carboxylic acids is 1. The number of anilines is 1. The molecule has 3 N–H and O–H groups in total. The second kappa shape index (κ2) is 8.08. The lowest BCUT2D eigenvalue weighted by Crippen LogP contribution is -2.37. The molecule has 1 heterocycles. The number of fused-ring (bicyclic) bond motifs is 3. The van der Waals surface area contributed by atoms with Gasteiger partial charge in [-0.1, -0.05) is 31.9 Å². The summed E-state index contributed by atoms with van der Waals surface area (Å²) in [5, 5.41) is 16.5. The van der Waals surface area contributed by atoms with Gasteiger partial charge in [-0.15, -0.1) is 11.3 Å². The van der Waals surface area contributed by atoms with Crippen molar-refractivity contribution < 1.29 is 19.5 Å². The monoisotopic (exact) mass is 442 g/mol. The Balaban J connectivity index is 1.43. The van der Waals surface area contributed by atoms with E-state index in [4.69, 9.17) is 0 Å². The Morgan fingerprint density at radius 3 is 2.48 bits per heavy atom. The fraction of sp³-hybridized carbons (Fsp3) is 0.625. The molecule has 5 rings (SSSR count). The molecular weight excluding hydrogens is 412 g/mol. The van der Waals surface area contributed by atoms with Crippen LogP contribution in [-0.2, 0) is 22.4 Å². The molecule has 4 aliphatic rings. The SMILES string of the molecule is C[C@@H]1CCc2c(sc(NC(=O)[C@H]3[C@@H](C(=O)O)[C@H]4C=C[C@@H]3C4)c2C(=O)NC2CCCC2)C1. The van der Waals surface area contributed by atoms with Gasteiger partial charge in [0.15, 0.2) is 0 Å². The second-order valence-corrected chi connectivity index (χ2v) is 10.9. The zero-order chi connectivity index (χ0) is 21.7. The van der Waals surface area contributed by atoms with E-state index in [1.807, 2.05) is 12.2 Å². The van der Waals surface area contributed by atoms with E-state index in [9.17, 15) is 19.5 Å². The van der Waals surface area contributed by atoms with Crippen LogP contribution in [0.25, 0.3) is 0 Å². The summed E-state index contributed by atoms with van der Waals surface area (Å²) < 4.78 is 0. The maximum atomic E-state index is 13.3. The first-order valence-corrected chi connectivity index (χ1v) is 12.4. The molecule has 2 bridgehead atoms. The summed E-state index contributed by atoms with van der Waals surface area (Å²) in [7, 11) is 0. The molecule has 6 nitrogen and oxygen atoms in total. The largest absolute Gasteiger partial charge is 0.481 e. The topological polar surface area (TPSA) is 95.5 Å². The van der Waals surface area contributed by atoms with Gasteiger partial charge in [0.25, 0.3) is 5.91 Å². The van der Waals surface area contributed by atoms with Crippen molar-refractivity contribution in [2.75, 3.05) is 5.32 Å². The van der Waals surface area contributed by atoms with Gasteiger partial charge in [-0.05, 0) is 61.8 Å². The molecule has 2 fully saturated rings. The highest BCUT2D eigenvalue weighted by Crippen LogP contribution is 2.49. The molecule has 4 aliphatic carbocycles. The van der Waals surface area contributed by atoms with Crippen molar-refractivity contribution in [2.45, 2.75) is 64.3 Å². The minimum absolute atomic E-state index is 0.0310. The minimum Gasteiger partial charge on any atom is -0.481 e. The molecule has 0 aliphatic heterocycles. The smallest absolute Gasteiger partial charge is 0.307 e. The number of carbonyl (C=O) groups is 3. The molecule has 0 unspecified atom stereocenters. The summed E-state index contributed by atoms with van der Waals surface area (Å²) >= 11 is 1.51. The Kier molecular flexibility index (Phi) is 5.40. The minimum atomic E-state index is -0.907. The second-order valence-electron chi connectivity index (χ2n) is 9.84. The number of hydrogen-bond acceptors (Lipinski definition) is 4. The third-order valence-corrected chi connectivity index (χ3v) is 8.88. The number of carboxylic acid groups (broad SMARTS) is 1. The van der Waals surface area contributed by atoms with Crippen LogP contribution in [0.2, 0.25) is 0 Å². The summed E-state index contributed by atoms with van der Waals surface area (Å²) in [6, 6.07) is 0.209. The Morgan fingerprint density at radius 1 is 1.06 bits per heavy atom. The Hall–Kier alpha value is -2.15. The Morgan fingerprint density at radius 2 is 1.77 bits per heavy atom. The summed E-state index contributed by atoms with van der Waals surface area (Å²) in [6.07, 6.45) is 11.8. The molecule has 0 radical (unpaired) electrons. The first kappa shape index (κ1) is 20.7. The number of thiophene rings is 1. The van der Waals surface area contributed by atoms with Crippen molar-refractivity contribution in [1.82, 2.24) is 5.32 Å². The number of amides is 2. The molecule has 166 valence electrons. The van der Waals surface area contributed by atoms with Crippen molar-refractivity contribution >= 4 is 34.1 Å². The van der Waals surface area contributed by atoms with Crippen LogP contribution in [0, 0.1) is 29.6 Å². The van der Waals surface area contributed by atoms with Crippen molar-refractivity contribution in [3.05, 3.63) is 28.2 Å². The van der Waals surface area contributed by atoms with E-state index in [0.717, 1.165) is 56.9 Å². The van der Waals surface area contributed by atoms with Gasteiger partial charge in [0, 0.05) is 10.9 Å². The van der Waals surface area contributed by atoms with E-state index in [-0.39, 0.29) is 29.7 Å². The highest BCUT2D eigenvalue weighted by Gasteiger charge is 2.51. The Labute approximate surface area is 186 Å². The molecule has 7 heteroatoms. The van der Waals surface area contributed by atoms with Gasteiger partial charge in [-0.2, -0.15) is 0 Å². The van der Waals surface area contributed by atoms with Crippen LogP contribution < -0.4 is 10.6 Å². The van der Waals surface area contributed by atoms with Gasteiger partial charge in [0.05, 0.1) is 17.4 Å². The van der Waals surface area contributed by atoms with Crippen molar-refractivity contribution in [1.29, 1.82) is 0 Å². The first-order chi connectivity index (χ1) is 14.9. The molecule has 1 aromatic heterocycles. The number of carbonyl (C=O) groups excluding carboxylic acids is 2. The number of rotatable bonds is 5. The van der Waals surface area contributed by atoms with E-state index < -0.39 is 17.8 Å². The van der Waals surface area contributed by atoms with Crippen LogP contribution in [-0.4, -0.2) is 28.9 Å². The first-order valence-electron chi connectivity index (χ1n) is 11.6. The van der Waals surface area contributed by atoms with Gasteiger partial charge in [-0.3, -0.25) is 14.4 Å². The highest BCUT2D eigenvalue weighted by atomic mass is 32.1. The lowest BCUT2D eigenvalue weighted by atomic mass is 9.82. The van der Waals surface area contributed by atoms with Gasteiger partial charge < -0.3 is 15.7 Å². The molecule has 1 aromatic rings. The fourth-order valence-corrected chi connectivity index (χ4v) is 7.53. The molecule has 0 saturated heterocycles. The lowest BCUT2D eigenvalue weighted by molar-refractivity contribution is -0.146. The summed E-state index contributed by atoms with van der Waals surface area (Å²) in [5.41, 5.74) is 1.70. The number of nitrogens with one attached hydrogen (secondary N) is 2. The van der Waals surface area contributed by atoms with Crippen LogP contribution in [0.3, 0.4) is 0 Å². The van der Waals surface area contributed by atoms with Gasteiger partial charge in [-0.25, -0.2) is 0 Å². The van der Waals surface area contributed by atoms with E-state index in [1.54, 1.807) is 0 Å². The Bertz CT molecular complexity index is 946. The fourth-order valence-electron chi connectivity index (χ4n) is 6.12. The van der Waals surface area contributed by atoms with E-state index in [0.29, 0.717) is 16.5 Å². The predicted molar refractivity (Wildman–Crippen MR) is 119 cm³/mol. The quantitative estimate of drug-likeness (QED) is 0.601. The average molecular weight is 443 g/mol. The third kappa shape index (κ3) is 3.71. The lowest BCUT2D eigenvalue weighted by Gasteiger charge is -2.24. The van der Waals surface area contributed by atoms with Crippen molar-refractivity contribution in [3.8, 4) is 0 Å².